The second kappa shape index (κ2) is 7.92. The maximum absolute atomic E-state index is 5.57. The highest BCUT2D eigenvalue weighted by Gasteiger charge is 2.05. The number of methoxy groups -OCH3 is 1. The fraction of sp³-hybridized carbons (Fsp3) is 0.538. The minimum absolute atomic E-state index is 0.244. The Labute approximate surface area is 103 Å². The van der Waals surface area contributed by atoms with E-state index < -0.39 is 0 Å². The standard InChI is InChI=1S/C13H21NO3/c1-4-7-16-12-6-5-11(9-14-2)13(8-12)17-10-15-3/h5-6,8,14H,4,7,9-10H2,1-3H3. The van der Waals surface area contributed by atoms with E-state index in [1.807, 2.05) is 25.2 Å². The molecule has 0 heterocycles. The van der Waals surface area contributed by atoms with Crippen LogP contribution in [0.4, 0.5) is 0 Å². The monoisotopic (exact) mass is 239 g/mol. The van der Waals surface area contributed by atoms with E-state index in [0.29, 0.717) is 0 Å². The van der Waals surface area contributed by atoms with Crippen molar-refractivity contribution in [2.45, 2.75) is 19.9 Å². The predicted molar refractivity (Wildman–Crippen MR) is 67.5 cm³/mol. The zero-order valence-electron chi connectivity index (χ0n) is 10.8. The predicted octanol–water partition coefficient (Wildman–Crippen LogP) is 2.18. The minimum Gasteiger partial charge on any atom is -0.493 e. The van der Waals surface area contributed by atoms with Crippen LogP contribution in [0, 0.1) is 0 Å². The van der Waals surface area contributed by atoms with Gasteiger partial charge < -0.3 is 19.5 Å². The van der Waals surface area contributed by atoms with Crippen molar-refractivity contribution in [1.82, 2.24) is 5.32 Å². The van der Waals surface area contributed by atoms with Gasteiger partial charge in [0.2, 0.25) is 0 Å². The molecule has 1 rings (SSSR count). The molecule has 0 aliphatic carbocycles. The van der Waals surface area contributed by atoms with Crippen molar-refractivity contribution in [2.75, 3.05) is 27.6 Å². The third kappa shape index (κ3) is 4.63. The Bertz CT molecular complexity index is 328. The maximum atomic E-state index is 5.57. The molecule has 0 fully saturated rings. The lowest BCUT2D eigenvalue weighted by Crippen LogP contribution is -2.09. The van der Waals surface area contributed by atoms with Gasteiger partial charge in [-0.1, -0.05) is 13.0 Å². The normalized spacial score (nSPS) is 10.3. The van der Waals surface area contributed by atoms with E-state index in [1.54, 1.807) is 7.11 Å². The third-order valence-corrected chi connectivity index (χ3v) is 2.21. The Morgan fingerprint density at radius 2 is 2.06 bits per heavy atom. The van der Waals surface area contributed by atoms with Gasteiger partial charge in [0.05, 0.1) is 6.61 Å². The summed E-state index contributed by atoms with van der Waals surface area (Å²) in [5, 5.41) is 3.10. The Morgan fingerprint density at radius 3 is 2.71 bits per heavy atom. The molecule has 0 aromatic heterocycles. The molecule has 4 nitrogen and oxygen atoms in total. The largest absolute Gasteiger partial charge is 0.493 e. The van der Waals surface area contributed by atoms with Crippen LogP contribution in [0.15, 0.2) is 18.2 Å². The number of hydrogen-bond donors (Lipinski definition) is 1. The van der Waals surface area contributed by atoms with Crippen LogP contribution in [0.2, 0.25) is 0 Å². The summed E-state index contributed by atoms with van der Waals surface area (Å²) in [7, 11) is 3.51. The van der Waals surface area contributed by atoms with Gasteiger partial charge in [0.15, 0.2) is 6.79 Å². The molecular weight excluding hydrogens is 218 g/mol. The van der Waals surface area contributed by atoms with Gasteiger partial charge in [-0.05, 0) is 19.5 Å². The summed E-state index contributed by atoms with van der Waals surface area (Å²) in [6.45, 7) is 3.80. The highest BCUT2D eigenvalue weighted by atomic mass is 16.7. The Hall–Kier alpha value is -1.26. The van der Waals surface area contributed by atoms with Crippen LogP contribution >= 0.6 is 0 Å². The molecule has 4 heteroatoms. The molecule has 0 saturated carbocycles. The van der Waals surface area contributed by atoms with Crippen LogP contribution in [-0.2, 0) is 11.3 Å². The van der Waals surface area contributed by atoms with E-state index in [2.05, 4.69) is 12.2 Å². The summed E-state index contributed by atoms with van der Waals surface area (Å²) in [6.07, 6.45) is 0.993. The average molecular weight is 239 g/mol. The molecule has 0 amide bonds. The molecule has 0 unspecified atom stereocenters. The van der Waals surface area contributed by atoms with Crippen molar-refractivity contribution in [2.24, 2.45) is 0 Å². The Kier molecular flexibility index (Phi) is 6.43. The number of nitrogens with one attached hydrogen (secondary N) is 1. The van der Waals surface area contributed by atoms with Crippen LogP contribution in [0.1, 0.15) is 18.9 Å². The lowest BCUT2D eigenvalue weighted by atomic mass is 10.2. The molecule has 0 radical (unpaired) electrons. The van der Waals surface area contributed by atoms with Gasteiger partial charge in [0, 0.05) is 25.3 Å². The Morgan fingerprint density at radius 1 is 1.24 bits per heavy atom. The lowest BCUT2D eigenvalue weighted by Gasteiger charge is -2.13. The van der Waals surface area contributed by atoms with Gasteiger partial charge in [-0.15, -0.1) is 0 Å². The number of hydrogen-bond acceptors (Lipinski definition) is 4. The van der Waals surface area contributed by atoms with Gasteiger partial charge >= 0.3 is 0 Å². The highest BCUT2D eigenvalue weighted by molar-refractivity contribution is 5.40. The zero-order valence-corrected chi connectivity index (χ0v) is 10.8. The highest BCUT2D eigenvalue weighted by Crippen LogP contribution is 2.25. The molecule has 0 aliphatic rings. The van der Waals surface area contributed by atoms with E-state index in [-0.39, 0.29) is 6.79 Å². The van der Waals surface area contributed by atoms with Gasteiger partial charge in [0.1, 0.15) is 11.5 Å². The minimum atomic E-state index is 0.244. The topological polar surface area (TPSA) is 39.7 Å². The van der Waals surface area contributed by atoms with Crippen molar-refractivity contribution in [1.29, 1.82) is 0 Å². The summed E-state index contributed by atoms with van der Waals surface area (Å²) < 4.78 is 16.0. The third-order valence-electron chi connectivity index (χ3n) is 2.21. The smallest absolute Gasteiger partial charge is 0.188 e. The molecule has 0 saturated heterocycles. The molecule has 17 heavy (non-hydrogen) atoms. The van der Waals surface area contributed by atoms with Crippen molar-refractivity contribution >= 4 is 0 Å². The second-order valence-electron chi connectivity index (χ2n) is 3.70. The molecule has 0 atom stereocenters. The quantitative estimate of drug-likeness (QED) is 0.706. The van der Waals surface area contributed by atoms with Crippen LogP contribution in [0.5, 0.6) is 11.5 Å². The van der Waals surface area contributed by atoms with Gasteiger partial charge in [0.25, 0.3) is 0 Å². The first-order chi connectivity index (χ1) is 8.31. The summed E-state index contributed by atoms with van der Waals surface area (Å²) in [6, 6.07) is 5.87. The molecule has 1 aromatic rings. The lowest BCUT2D eigenvalue weighted by molar-refractivity contribution is 0.0502. The molecule has 0 bridgehead atoms. The van der Waals surface area contributed by atoms with E-state index >= 15 is 0 Å². The second-order valence-corrected chi connectivity index (χ2v) is 3.70. The first-order valence-electron chi connectivity index (χ1n) is 5.83. The van der Waals surface area contributed by atoms with Gasteiger partial charge in [-0.3, -0.25) is 0 Å². The fourth-order valence-electron chi connectivity index (χ4n) is 1.44. The number of ether oxygens (including phenoxy) is 3. The first-order valence-corrected chi connectivity index (χ1v) is 5.83. The molecule has 1 N–H and O–H groups in total. The van der Waals surface area contributed by atoms with E-state index in [0.717, 1.165) is 36.6 Å². The van der Waals surface area contributed by atoms with Crippen molar-refractivity contribution in [3.05, 3.63) is 23.8 Å². The van der Waals surface area contributed by atoms with Crippen molar-refractivity contribution < 1.29 is 14.2 Å². The molecule has 0 spiro atoms. The number of rotatable bonds is 8. The SMILES string of the molecule is CCCOc1ccc(CNC)c(OCOC)c1. The van der Waals surface area contributed by atoms with Gasteiger partial charge in [-0.25, -0.2) is 0 Å². The van der Waals surface area contributed by atoms with Gasteiger partial charge in [-0.2, -0.15) is 0 Å². The van der Waals surface area contributed by atoms with E-state index in [1.165, 1.54) is 0 Å². The first kappa shape index (κ1) is 13.8. The summed E-state index contributed by atoms with van der Waals surface area (Å²) in [4.78, 5) is 0. The molecule has 1 aromatic carbocycles. The molecular formula is C13H21NO3. The van der Waals surface area contributed by atoms with Crippen LogP contribution in [-0.4, -0.2) is 27.6 Å². The molecule has 0 aliphatic heterocycles. The zero-order chi connectivity index (χ0) is 12.5. The van der Waals surface area contributed by atoms with Crippen LogP contribution in [0.25, 0.3) is 0 Å². The molecule has 96 valence electrons. The summed E-state index contributed by atoms with van der Waals surface area (Å²) >= 11 is 0. The maximum Gasteiger partial charge on any atom is 0.188 e. The van der Waals surface area contributed by atoms with Crippen molar-refractivity contribution in [3.8, 4) is 11.5 Å². The average Bonchev–Trinajstić information content (AvgIpc) is 2.36. The van der Waals surface area contributed by atoms with E-state index in [4.69, 9.17) is 14.2 Å². The number of benzene rings is 1. The Balaban J connectivity index is 2.76. The van der Waals surface area contributed by atoms with E-state index in [9.17, 15) is 0 Å². The fourth-order valence-corrected chi connectivity index (χ4v) is 1.44. The van der Waals surface area contributed by atoms with Crippen molar-refractivity contribution in [3.63, 3.8) is 0 Å². The van der Waals surface area contributed by atoms with Crippen LogP contribution in [0.3, 0.4) is 0 Å². The summed E-state index contributed by atoms with van der Waals surface area (Å²) in [5.41, 5.74) is 1.09. The summed E-state index contributed by atoms with van der Waals surface area (Å²) in [5.74, 6) is 1.63. The van der Waals surface area contributed by atoms with Crippen LogP contribution < -0.4 is 14.8 Å².